The number of carbonyl (C=O) groups excluding carboxylic acids is 1. The summed E-state index contributed by atoms with van der Waals surface area (Å²) >= 11 is 0. The third-order valence-electron chi connectivity index (χ3n) is 3.58. The molecule has 0 bridgehead atoms. The van der Waals surface area contributed by atoms with Crippen LogP contribution in [0, 0.1) is 0 Å². The van der Waals surface area contributed by atoms with E-state index < -0.39 is 8.32 Å². The van der Waals surface area contributed by atoms with E-state index in [1.807, 2.05) is 6.08 Å². The Hall–Kier alpha value is -0.613. The summed E-state index contributed by atoms with van der Waals surface area (Å²) in [6, 6.07) is 0. The van der Waals surface area contributed by atoms with Crippen molar-refractivity contribution in [3.8, 4) is 0 Å². The van der Waals surface area contributed by atoms with E-state index in [9.17, 15) is 4.79 Å². The second-order valence-corrected chi connectivity index (χ2v) is 11.2. The van der Waals surface area contributed by atoms with E-state index in [0.29, 0.717) is 6.61 Å². The fourth-order valence-corrected chi connectivity index (χ4v) is 2.92. The van der Waals surface area contributed by atoms with Crippen molar-refractivity contribution in [2.75, 3.05) is 6.61 Å². The van der Waals surface area contributed by atoms with Gasteiger partial charge in [-0.25, -0.2) is 4.79 Å². The van der Waals surface area contributed by atoms with Gasteiger partial charge in [0.1, 0.15) is 0 Å². The Morgan fingerprint density at radius 3 is 2.37 bits per heavy atom. The van der Waals surface area contributed by atoms with Gasteiger partial charge in [0, 0.05) is 12.2 Å². The number of carbonyl (C=O) groups is 1. The first-order valence-corrected chi connectivity index (χ1v) is 10.0. The van der Waals surface area contributed by atoms with E-state index in [0.717, 1.165) is 12.8 Å². The molecule has 0 amide bonds. The highest BCUT2D eigenvalue weighted by molar-refractivity contribution is 6.74. The Labute approximate surface area is 119 Å². The Kier molecular flexibility index (Phi) is 7.60. The molecule has 0 aliphatic carbocycles. The lowest BCUT2D eigenvalue weighted by molar-refractivity contribution is -0.137. The Morgan fingerprint density at radius 1 is 1.32 bits per heavy atom. The molecule has 0 radical (unpaired) electrons. The van der Waals surface area contributed by atoms with E-state index in [2.05, 4.69) is 40.8 Å². The molecule has 0 aromatic carbocycles. The molecule has 3 nitrogen and oxygen atoms in total. The molecule has 112 valence electrons. The molecule has 0 unspecified atom stereocenters. The van der Waals surface area contributed by atoms with Gasteiger partial charge in [0.2, 0.25) is 0 Å². The molecule has 0 rings (SSSR count). The molecule has 4 heteroatoms. The molecule has 0 fully saturated rings. The maximum atomic E-state index is 11.1. The third-order valence-corrected chi connectivity index (χ3v) is 8.19. The first kappa shape index (κ1) is 18.4. The monoisotopic (exact) mass is 286 g/mol. The van der Waals surface area contributed by atoms with Crippen LogP contribution < -0.4 is 0 Å². The number of ether oxygens (including phenoxy) is 1. The smallest absolute Gasteiger partial charge is 0.330 e. The molecule has 0 aromatic heterocycles. The highest BCUT2D eigenvalue weighted by Gasteiger charge is 2.38. The van der Waals surface area contributed by atoms with E-state index in [1.54, 1.807) is 6.92 Å². The summed E-state index contributed by atoms with van der Waals surface area (Å²) in [6.45, 7) is 15.6. The predicted molar refractivity (Wildman–Crippen MR) is 82.8 cm³/mol. The van der Waals surface area contributed by atoms with Gasteiger partial charge in [0.15, 0.2) is 8.32 Å². The van der Waals surface area contributed by atoms with Crippen molar-refractivity contribution in [3.63, 3.8) is 0 Å². The zero-order chi connectivity index (χ0) is 15.1. The van der Waals surface area contributed by atoms with Crippen molar-refractivity contribution in [2.24, 2.45) is 0 Å². The molecule has 0 aromatic rings. The van der Waals surface area contributed by atoms with Crippen LogP contribution in [0.25, 0.3) is 0 Å². The van der Waals surface area contributed by atoms with Crippen molar-refractivity contribution in [1.82, 2.24) is 0 Å². The highest BCUT2D eigenvalue weighted by Crippen LogP contribution is 2.37. The Balaban J connectivity index is 4.07. The number of hydrogen-bond acceptors (Lipinski definition) is 3. The van der Waals surface area contributed by atoms with Crippen LogP contribution in [0.1, 0.15) is 47.5 Å². The second-order valence-electron chi connectivity index (χ2n) is 6.42. The number of hydrogen-bond donors (Lipinski definition) is 0. The standard InChI is InChI=1S/C15H30O3Si/c1-8-17-14(16)12-10-9-11-13(2)18-19(6,7)15(3,4)5/h10,12-13H,8-9,11H2,1-7H3/b12-10+/t13-/m0/s1. The van der Waals surface area contributed by atoms with Crippen molar-refractivity contribution in [1.29, 1.82) is 0 Å². The summed E-state index contributed by atoms with van der Waals surface area (Å²) in [5, 5.41) is 0.238. The van der Waals surface area contributed by atoms with Crippen molar-refractivity contribution >= 4 is 14.3 Å². The van der Waals surface area contributed by atoms with Crippen LogP contribution in [-0.4, -0.2) is 27.0 Å². The molecular weight excluding hydrogens is 256 g/mol. The molecule has 0 N–H and O–H groups in total. The Morgan fingerprint density at radius 2 is 1.89 bits per heavy atom. The van der Waals surface area contributed by atoms with E-state index in [4.69, 9.17) is 9.16 Å². The molecule has 0 aliphatic rings. The lowest BCUT2D eigenvalue weighted by Gasteiger charge is -2.38. The number of allylic oxidation sites excluding steroid dienone is 1. The van der Waals surface area contributed by atoms with Gasteiger partial charge in [0.05, 0.1) is 6.61 Å². The van der Waals surface area contributed by atoms with Gasteiger partial charge >= 0.3 is 5.97 Å². The number of rotatable bonds is 7. The quantitative estimate of drug-likeness (QED) is 0.398. The molecule has 0 saturated heterocycles. The summed E-state index contributed by atoms with van der Waals surface area (Å²) in [5.41, 5.74) is 0. The van der Waals surface area contributed by atoms with Crippen LogP contribution in [0.5, 0.6) is 0 Å². The van der Waals surface area contributed by atoms with E-state index >= 15 is 0 Å². The van der Waals surface area contributed by atoms with E-state index in [1.165, 1.54) is 6.08 Å². The van der Waals surface area contributed by atoms with Crippen LogP contribution in [-0.2, 0) is 14.0 Å². The highest BCUT2D eigenvalue weighted by atomic mass is 28.4. The van der Waals surface area contributed by atoms with E-state index in [-0.39, 0.29) is 17.1 Å². The molecule has 0 heterocycles. The normalized spacial score (nSPS) is 14.7. The fraction of sp³-hybridized carbons (Fsp3) is 0.800. The van der Waals surface area contributed by atoms with Gasteiger partial charge < -0.3 is 9.16 Å². The van der Waals surface area contributed by atoms with Crippen LogP contribution in [0.4, 0.5) is 0 Å². The van der Waals surface area contributed by atoms with Crippen LogP contribution >= 0.6 is 0 Å². The van der Waals surface area contributed by atoms with Crippen molar-refractivity contribution < 1.29 is 14.0 Å². The number of esters is 1. The van der Waals surface area contributed by atoms with Gasteiger partial charge in [-0.1, -0.05) is 26.8 Å². The molecule has 0 spiro atoms. The van der Waals surface area contributed by atoms with Crippen molar-refractivity contribution in [3.05, 3.63) is 12.2 Å². The second kappa shape index (κ2) is 7.85. The van der Waals surface area contributed by atoms with Gasteiger partial charge in [-0.05, 0) is 44.8 Å². The maximum Gasteiger partial charge on any atom is 0.330 e. The van der Waals surface area contributed by atoms with Crippen LogP contribution in [0.15, 0.2) is 12.2 Å². The summed E-state index contributed by atoms with van der Waals surface area (Å²) in [4.78, 5) is 11.1. The molecular formula is C15H30O3Si. The van der Waals surface area contributed by atoms with Gasteiger partial charge in [-0.2, -0.15) is 0 Å². The largest absolute Gasteiger partial charge is 0.463 e. The average Bonchev–Trinajstić information content (AvgIpc) is 2.22. The lowest BCUT2D eigenvalue weighted by atomic mass is 10.2. The summed E-state index contributed by atoms with van der Waals surface area (Å²) < 4.78 is 11.1. The summed E-state index contributed by atoms with van der Waals surface area (Å²) in [5.74, 6) is -0.263. The molecule has 0 saturated carbocycles. The minimum absolute atomic E-state index is 0.229. The van der Waals surface area contributed by atoms with Crippen LogP contribution in [0.3, 0.4) is 0 Å². The SMILES string of the molecule is CCOC(=O)/C=C/CC[C@H](C)O[Si](C)(C)C(C)(C)C. The van der Waals surface area contributed by atoms with Crippen molar-refractivity contribution in [2.45, 2.75) is 71.7 Å². The third kappa shape index (κ3) is 7.53. The average molecular weight is 286 g/mol. The summed E-state index contributed by atoms with van der Waals surface area (Å²) in [6.07, 6.45) is 5.37. The molecule has 1 atom stereocenters. The first-order valence-electron chi connectivity index (χ1n) is 7.11. The van der Waals surface area contributed by atoms with Gasteiger partial charge in [0.25, 0.3) is 0 Å². The predicted octanol–water partition coefficient (Wildman–Crippen LogP) is 4.30. The lowest BCUT2D eigenvalue weighted by Crippen LogP contribution is -2.43. The molecule has 19 heavy (non-hydrogen) atoms. The Bertz CT molecular complexity index is 303. The van der Waals surface area contributed by atoms with Gasteiger partial charge in [-0.15, -0.1) is 0 Å². The zero-order valence-electron chi connectivity index (χ0n) is 13.6. The zero-order valence-corrected chi connectivity index (χ0v) is 14.6. The summed E-state index contributed by atoms with van der Waals surface area (Å²) in [7, 11) is -1.68. The first-order chi connectivity index (χ1) is 8.60. The van der Waals surface area contributed by atoms with Crippen LogP contribution in [0.2, 0.25) is 18.1 Å². The minimum atomic E-state index is -1.68. The van der Waals surface area contributed by atoms with Gasteiger partial charge in [-0.3, -0.25) is 0 Å². The molecule has 0 aliphatic heterocycles. The maximum absolute atomic E-state index is 11.1. The topological polar surface area (TPSA) is 35.5 Å². The fourth-order valence-electron chi connectivity index (χ4n) is 1.44. The minimum Gasteiger partial charge on any atom is -0.463 e.